The van der Waals surface area contributed by atoms with Crippen LogP contribution < -0.4 is 5.32 Å². The summed E-state index contributed by atoms with van der Waals surface area (Å²) < 4.78 is 5.09. The van der Waals surface area contributed by atoms with Crippen molar-refractivity contribution in [2.75, 3.05) is 12.4 Å². The molecule has 0 aromatic carbocycles. The van der Waals surface area contributed by atoms with Crippen LogP contribution in [0.2, 0.25) is 0 Å². The van der Waals surface area contributed by atoms with Crippen LogP contribution in [0, 0.1) is 0 Å². The zero-order valence-corrected chi connectivity index (χ0v) is 14.0. The van der Waals surface area contributed by atoms with Crippen LogP contribution in [0.4, 0.5) is 5.13 Å². The van der Waals surface area contributed by atoms with E-state index >= 15 is 0 Å². The van der Waals surface area contributed by atoms with Crippen LogP contribution in [-0.2, 0) is 16.1 Å². The second-order valence-electron chi connectivity index (χ2n) is 5.25. The number of rotatable bonds is 7. The highest BCUT2D eigenvalue weighted by molar-refractivity contribution is 7.13. The summed E-state index contributed by atoms with van der Waals surface area (Å²) in [5, 5.41) is 14.1. The van der Waals surface area contributed by atoms with Crippen molar-refractivity contribution in [1.29, 1.82) is 0 Å². The summed E-state index contributed by atoms with van der Waals surface area (Å²) in [4.78, 5) is 29.4. The van der Waals surface area contributed by atoms with Gasteiger partial charge in [-0.1, -0.05) is 30.3 Å². The molecule has 10 heteroatoms. The van der Waals surface area contributed by atoms with Crippen molar-refractivity contribution in [3.05, 3.63) is 17.2 Å². The zero-order valence-electron chi connectivity index (χ0n) is 13.1. The fraction of sp³-hybridized carbons (Fsp3) is 0.538. The molecular weight excluding hydrogens is 320 g/mol. The van der Waals surface area contributed by atoms with Crippen LogP contribution in [0.3, 0.4) is 0 Å². The molecule has 2 aromatic rings. The fourth-order valence-electron chi connectivity index (χ4n) is 1.69. The molecular formula is C13H18N6O3S. The summed E-state index contributed by atoms with van der Waals surface area (Å²) in [6.07, 6.45) is 0.169. The molecule has 1 N–H and O–H groups in total. The lowest BCUT2D eigenvalue weighted by molar-refractivity contribution is -0.132. The van der Waals surface area contributed by atoms with Crippen molar-refractivity contribution in [2.24, 2.45) is 0 Å². The van der Waals surface area contributed by atoms with Gasteiger partial charge >= 0.3 is 0 Å². The first-order chi connectivity index (χ1) is 11.0. The van der Waals surface area contributed by atoms with Crippen molar-refractivity contribution >= 4 is 28.3 Å². The molecule has 0 aliphatic heterocycles. The Labute approximate surface area is 137 Å². The Kier molecular flexibility index (Phi) is 5.74. The third-order valence-electron chi connectivity index (χ3n) is 2.95. The molecule has 0 fully saturated rings. The Morgan fingerprint density at radius 1 is 1.39 bits per heavy atom. The SMILES string of the molecule is CC(C)c1nc(CN(C)C(=O)CCC(=O)Nc2nncs2)no1. The molecule has 0 radical (unpaired) electrons. The van der Waals surface area contributed by atoms with Gasteiger partial charge in [0, 0.05) is 25.8 Å². The smallest absolute Gasteiger partial charge is 0.229 e. The van der Waals surface area contributed by atoms with Gasteiger partial charge in [0.1, 0.15) is 5.51 Å². The third kappa shape index (κ3) is 5.09. The van der Waals surface area contributed by atoms with E-state index in [0.717, 1.165) is 0 Å². The van der Waals surface area contributed by atoms with E-state index in [1.807, 2.05) is 13.8 Å². The number of nitrogens with zero attached hydrogens (tertiary/aromatic N) is 5. The predicted octanol–water partition coefficient (Wildman–Crippen LogP) is 1.42. The minimum Gasteiger partial charge on any atom is -0.339 e. The maximum Gasteiger partial charge on any atom is 0.229 e. The first kappa shape index (κ1) is 17.0. The van der Waals surface area contributed by atoms with Crippen molar-refractivity contribution in [3.8, 4) is 0 Å². The number of hydrogen-bond donors (Lipinski definition) is 1. The second-order valence-corrected chi connectivity index (χ2v) is 6.08. The number of hydrogen-bond acceptors (Lipinski definition) is 8. The number of aromatic nitrogens is 4. The maximum absolute atomic E-state index is 12.0. The van der Waals surface area contributed by atoms with Gasteiger partial charge in [0.2, 0.25) is 22.8 Å². The Morgan fingerprint density at radius 3 is 2.78 bits per heavy atom. The van der Waals surface area contributed by atoms with Crippen LogP contribution in [0.1, 0.15) is 44.3 Å². The average molecular weight is 338 g/mol. The van der Waals surface area contributed by atoms with Gasteiger partial charge in [0.15, 0.2) is 5.82 Å². The summed E-state index contributed by atoms with van der Waals surface area (Å²) in [5.74, 6) is 0.680. The molecule has 23 heavy (non-hydrogen) atoms. The molecule has 0 aliphatic carbocycles. The summed E-state index contributed by atoms with van der Waals surface area (Å²) >= 11 is 1.22. The second kappa shape index (κ2) is 7.77. The van der Waals surface area contributed by atoms with Crippen molar-refractivity contribution in [2.45, 2.75) is 39.2 Å². The van der Waals surface area contributed by atoms with Gasteiger partial charge < -0.3 is 14.7 Å². The lowest BCUT2D eigenvalue weighted by Gasteiger charge is -2.14. The summed E-state index contributed by atoms with van der Waals surface area (Å²) in [6, 6.07) is 0. The molecule has 0 aliphatic rings. The topological polar surface area (TPSA) is 114 Å². The normalized spacial score (nSPS) is 10.8. The monoisotopic (exact) mass is 338 g/mol. The van der Waals surface area contributed by atoms with E-state index in [1.165, 1.54) is 21.7 Å². The molecule has 0 bridgehead atoms. The lowest BCUT2D eigenvalue weighted by atomic mass is 10.2. The van der Waals surface area contributed by atoms with Crippen LogP contribution in [-0.4, -0.2) is 44.1 Å². The van der Waals surface area contributed by atoms with Gasteiger partial charge in [0.25, 0.3) is 0 Å². The van der Waals surface area contributed by atoms with Crippen molar-refractivity contribution in [1.82, 2.24) is 25.2 Å². The van der Waals surface area contributed by atoms with Crippen LogP contribution >= 0.6 is 11.3 Å². The first-order valence-corrected chi connectivity index (χ1v) is 7.96. The van der Waals surface area contributed by atoms with Crippen molar-refractivity contribution in [3.63, 3.8) is 0 Å². The molecule has 124 valence electrons. The molecule has 0 saturated carbocycles. The Morgan fingerprint density at radius 2 is 2.17 bits per heavy atom. The predicted molar refractivity (Wildman–Crippen MR) is 82.6 cm³/mol. The largest absolute Gasteiger partial charge is 0.339 e. The van der Waals surface area contributed by atoms with E-state index in [0.29, 0.717) is 16.8 Å². The Bertz CT molecular complexity index is 654. The van der Waals surface area contributed by atoms with Gasteiger partial charge in [-0.2, -0.15) is 4.98 Å². The minimum atomic E-state index is -0.273. The van der Waals surface area contributed by atoms with Gasteiger partial charge in [-0.05, 0) is 0 Å². The van der Waals surface area contributed by atoms with Crippen LogP contribution in [0.15, 0.2) is 10.0 Å². The first-order valence-electron chi connectivity index (χ1n) is 7.08. The highest BCUT2D eigenvalue weighted by Crippen LogP contribution is 2.12. The van der Waals surface area contributed by atoms with E-state index in [4.69, 9.17) is 4.52 Å². The van der Waals surface area contributed by atoms with Crippen LogP contribution in [0.5, 0.6) is 0 Å². The molecule has 9 nitrogen and oxygen atoms in total. The van der Waals surface area contributed by atoms with E-state index in [9.17, 15) is 9.59 Å². The highest BCUT2D eigenvalue weighted by Gasteiger charge is 2.16. The maximum atomic E-state index is 12.0. The van der Waals surface area contributed by atoms with E-state index < -0.39 is 0 Å². The Hall–Kier alpha value is -2.36. The van der Waals surface area contributed by atoms with E-state index in [1.54, 1.807) is 7.05 Å². The third-order valence-corrected chi connectivity index (χ3v) is 3.56. The number of amides is 2. The number of carbonyl (C=O) groups excluding carboxylic acids is 2. The van der Waals surface area contributed by atoms with Gasteiger partial charge in [-0.15, -0.1) is 10.2 Å². The molecule has 2 aromatic heterocycles. The number of nitrogens with one attached hydrogen (secondary N) is 1. The Balaban J connectivity index is 1.76. The fourth-order valence-corrected chi connectivity index (χ4v) is 2.15. The lowest BCUT2D eigenvalue weighted by Crippen LogP contribution is -2.27. The summed E-state index contributed by atoms with van der Waals surface area (Å²) in [7, 11) is 1.64. The molecule has 2 rings (SSSR count). The van der Waals surface area contributed by atoms with E-state index in [-0.39, 0.29) is 37.1 Å². The molecule has 0 unspecified atom stereocenters. The van der Waals surface area contributed by atoms with Crippen molar-refractivity contribution < 1.29 is 14.1 Å². The molecule has 0 spiro atoms. The zero-order chi connectivity index (χ0) is 16.8. The van der Waals surface area contributed by atoms with Gasteiger partial charge in [-0.25, -0.2) is 0 Å². The number of anilines is 1. The van der Waals surface area contributed by atoms with Gasteiger partial charge in [-0.3, -0.25) is 9.59 Å². The molecule has 2 heterocycles. The average Bonchev–Trinajstić information content (AvgIpc) is 3.16. The quantitative estimate of drug-likeness (QED) is 0.812. The standard InChI is InChI=1S/C13H18N6O3S/c1-8(2)12-15-9(18-22-12)6-19(3)11(21)5-4-10(20)16-13-17-14-7-23-13/h7-8H,4-6H2,1-3H3,(H,16,17,20). The molecule has 2 amide bonds. The number of carbonyl (C=O) groups is 2. The summed E-state index contributed by atoms with van der Waals surface area (Å²) in [6.45, 7) is 4.14. The highest BCUT2D eigenvalue weighted by atomic mass is 32.1. The van der Waals surface area contributed by atoms with E-state index in [2.05, 4.69) is 25.7 Å². The minimum absolute atomic E-state index is 0.0756. The molecule has 0 atom stereocenters. The van der Waals surface area contributed by atoms with Gasteiger partial charge in [0.05, 0.1) is 6.54 Å². The van der Waals surface area contributed by atoms with Crippen LogP contribution in [0.25, 0.3) is 0 Å². The molecule has 0 saturated heterocycles. The summed E-state index contributed by atoms with van der Waals surface area (Å²) in [5.41, 5.74) is 1.52.